The van der Waals surface area contributed by atoms with Crippen LogP contribution in [0.5, 0.6) is 0 Å². The van der Waals surface area contributed by atoms with E-state index in [1.165, 1.54) is 42.5 Å². The van der Waals surface area contributed by atoms with Gasteiger partial charge in [0.25, 0.3) is 0 Å². The average molecular weight is 556 g/mol. The molecular formula is C22H18ClF4N7O4. The van der Waals surface area contributed by atoms with Crippen LogP contribution in [0.15, 0.2) is 53.3 Å². The van der Waals surface area contributed by atoms with E-state index in [-0.39, 0.29) is 28.7 Å². The molecule has 0 fully saturated rings. The number of halogens is 5. The molecular weight excluding hydrogens is 538 g/mol. The maximum atomic E-state index is 13.8. The van der Waals surface area contributed by atoms with E-state index in [4.69, 9.17) is 22.1 Å². The second-order valence-corrected chi connectivity index (χ2v) is 8.32. The molecule has 1 unspecified atom stereocenters. The van der Waals surface area contributed by atoms with Gasteiger partial charge in [0, 0.05) is 10.6 Å². The van der Waals surface area contributed by atoms with Crippen LogP contribution < -0.4 is 11.4 Å². The minimum absolute atomic E-state index is 0.0160. The first-order valence-electron chi connectivity index (χ1n) is 10.7. The van der Waals surface area contributed by atoms with Gasteiger partial charge in [-0.15, -0.1) is 10.2 Å². The van der Waals surface area contributed by atoms with Crippen LogP contribution in [0.3, 0.4) is 0 Å². The van der Waals surface area contributed by atoms with Gasteiger partial charge >= 0.3 is 18.0 Å². The van der Waals surface area contributed by atoms with E-state index in [1.807, 2.05) is 0 Å². The summed E-state index contributed by atoms with van der Waals surface area (Å²) >= 11 is 5.89. The first kappa shape index (κ1) is 26.8. The lowest BCUT2D eigenvalue weighted by Crippen LogP contribution is -2.37. The summed E-state index contributed by atoms with van der Waals surface area (Å²) in [6.07, 6.45) is -8.93. The number of ether oxygens (including phenoxy) is 1. The fourth-order valence-corrected chi connectivity index (χ4v) is 3.56. The lowest BCUT2D eigenvalue weighted by Gasteiger charge is -2.15. The molecule has 0 aliphatic rings. The van der Waals surface area contributed by atoms with Crippen LogP contribution in [0.1, 0.15) is 11.6 Å². The smallest absolute Gasteiger partial charge is 0.416 e. The molecule has 4 rings (SSSR count). The number of hydrogen-bond donors (Lipinski definition) is 2. The Hall–Kier alpha value is -4.24. The molecule has 4 aromatic rings. The Morgan fingerprint density at radius 2 is 1.87 bits per heavy atom. The molecule has 16 heteroatoms. The summed E-state index contributed by atoms with van der Waals surface area (Å²) in [5.74, 6) is -0.811. The molecule has 1 amide bonds. The van der Waals surface area contributed by atoms with Crippen molar-refractivity contribution in [3.05, 3.63) is 81.5 Å². The molecule has 2 aromatic heterocycles. The highest BCUT2D eigenvalue weighted by atomic mass is 35.5. The molecule has 3 N–H and O–H groups in total. The topological polar surface area (TPSA) is 143 Å². The molecule has 11 nitrogen and oxygen atoms in total. The molecule has 2 heterocycles. The second kappa shape index (κ2) is 10.6. The van der Waals surface area contributed by atoms with Crippen LogP contribution in [-0.2, 0) is 24.4 Å². The maximum Gasteiger partial charge on any atom is 0.416 e. The monoisotopic (exact) mass is 555 g/mol. The summed E-state index contributed by atoms with van der Waals surface area (Å²) in [5.41, 5.74) is 4.49. The highest BCUT2D eigenvalue weighted by Crippen LogP contribution is 2.24. The molecule has 2 aromatic carbocycles. The first-order valence-corrected chi connectivity index (χ1v) is 11.1. The van der Waals surface area contributed by atoms with E-state index in [0.29, 0.717) is 9.59 Å². The van der Waals surface area contributed by atoms with E-state index in [9.17, 15) is 32.3 Å². The van der Waals surface area contributed by atoms with Crippen molar-refractivity contribution in [1.82, 2.24) is 29.1 Å². The molecule has 0 spiro atoms. The van der Waals surface area contributed by atoms with E-state index >= 15 is 0 Å². The van der Waals surface area contributed by atoms with Crippen LogP contribution in [0.4, 0.5) is 22.4 Å². The summed E-state index contributed by atoms with van der Waals surface area (Å²) in [6, 6.07) is 11.0. The first-order chi connectivity index (χ1) is 17.9. The number of hydrogen-bond acceptors (Lipinski definition) is 7. The third kappa shape index (κ3) is 6.00. The van der Waals surface area contributed by atoms with Gasteiger partial charge in [0.2, 0.25) is 0 Å². The van der Waals surface area contributed by atoms with Gasteiger partial charge in [-0.25, -0.2) is 28.3 Å². The molecule has 0 radical (unpaired) electrons. The number of alkyl halides is 3. The molecule has 0 aliphatic carbocycles. The van der Waals surface area contributed by atoms with Crippen LogP contribution in [0, 0.1) is 5.82 Å². The third-order valence-corrected chi connectivity index (χ3v) is 5.42. The van der Waals surface area contributed by atoms with E-state index in [0.717, 1.165) is 15.4 Å². The Bertz CT molecular complexity index is 1520. The number of rotatable bonds is 8. The summed E-state index contributed by atoms with van der Waals surface area (Å²) in [7, 11) is 0. The molecule has 0 bridgehead atoms. The average Bonchev–Trinajstić information content (AvgIpc) is 3.39. The fourth-order valence-electron chi connectivity index (χ4n) is 3.43. The minimum atomic E-state index is -4.99. The van der Waals surface area contributed by atoms with Gasteiger partial charge in [0.1, 0.15) is 12.4 Å². The third-order valence-electron chi connectivity index (χ3n) is 5.16. The lowest BCUT2D eigenvalue weighted by molar-refractivity contribution is -0.207. The van der Waals surface area contributed by atoms with Gasteiger partial charge in [0.15, 0.2) is 30.2 Å². The molecule has 1 atom stereocenters. The van der Waals surface area contributed by atoms with Crippen molar-refractivity contribution in [2.75, 3.05) is 0 Å². The van der Waals surface area contributed by atoms with Crippen molar-refractivity contribution in [2.45, 2.75) is 32.0 Å². The van der Waals surface area contributed by atoms with E-state index in [1.54, 1.807) is 0 Å². The van der Waals surface area contributed by atoms with Crippen LogP contribution in [0.2, 0.25) is 5.02 Å². The molecule has 0 saturated carbocycles. The van der Waals surface area contributed by atoms with E-state index in [2.05, 4.69) is 15.2 Å². The highest BCUT2D eigenvalue weighted by molar-refractivity contribution is 6.30. The second-order valence-electron chi connectivity index (χ2n) is 7.88. The molecule has 200 valence electrons. The summed E-state index contributed by atoms with van der Waals surface area (Å²) in [4.78, 5) is 28.4. The largest absolute Gasteiger partial charge is 0.441 e. The molecule has 38 heavy (non-hydrogen) atoms. The van der Waals surface area contributed by atoms with Gasteiger partial charge < -0.3 is 15.6 Å². The summed E-state index contributed by atoms with van der Waals surface area (Å²) in [6.45, 7) is -2.00. The van der Waals surface area contributed by atoms with Crippen molar-refractivity contribution in [3.63, 3.8) is 0 Å². The van der Waals surface area contributed by atoms with Crippen molar-refractivity contribution >= 4 is 17.7 Å². The zero-order valence-electron chi connectivity index (χ0n) is 19.1. The summed E-state index contributed by atoms with van der Waals surface area (Å²) < 4.78 is 60.4. The van der Waals surface area contributed by atoms with Gasteiger partial charge in [0.05, 0.1) is 12.2 Å². The van der Waals surface area contributed by atoms with Crippen LogP contribution in [0.25, 0.3) is 17.1 Å². The fraction of sp³-hybridized carbons (Fsp3) is 0.227. The number of benzene rings is 2. The SMILES string of the molecule is NC(=O)OCc1nc(Cn2nc(-c3ccc(Cl)cc3)n(CC(O)C(F)(F)F)c2=O)nn1-c1cccc(F)c1. The zero-order valence-corrected chi connectivity index (χ0v) is 19.9. The van der Waals surface area contributed by atoms with Crippen LogP contribution in [-0.4, -0.2) is 52.6 Å². The van der Waals surface area contributed by atoms with Gasteiger partial charge in [-0.1, -0.05) is 17.7 Å². The standard InChI is InChI=1S/C22H18ClF4N7O4/c23-13-6-4-12(5-7-13)19-31-33(21(37)32(19)9-16(35)22(25,26)27)10-17-29-18(11-38-20(28)36)34(30-17)15-3-1-2-14(24)8-15/h1-8,16,35H,9-11H2,(H2,28,36). The number of aliphatic hydroxyl groups is 1. The number of carbonyl (C=O) groups excluding carboxylic acids is 1. The zero-order chi connectivity index (χ0) is 27.6. The van der Waals surface area contributed by atoms with Crippen molar-refractivity contribution in [2.24, 2.45) is 5.73 Å². The highest BCUT2D eigenvalue weighted by Gasteiger charge is 2.39. The number of nitrogens with two attached hydrogens (primary N) is 1. The molecule has 0 saturated heterocycles. The molecule has 0 aliphatic heterocycles. The van der Waals surface area contributed by atoms with Crippen molar-refractivity contribution < 1.29 is 32.2 Å². The lowest BCUT2D eigenvalue weighted by atomic mass is 10.2. The predicted octanol–water partition coefficient (Wildman–Crippen LogP) is 2.65. The Kier molecular flexibility index (Phi) is 7.50. The Balaban J connectivity index is 1.75. The maximum absolute atomic E-state index is 13.8. The predicted molar refractivity (Wildman–Crippen MR) is 124 cm³/mol. The number of aromatic nitrogens is 6. The Morgan fingerprint density at radius 3 is 2.50 bits per heavy atom. The number of nitrogens with zero attached hydrogens (tertiary/aromatic N) is 6. The van der Waals surface area contributed by atoms with E-state index < -0.39 is 49.6 Å². The number of primary amides is 1. The van der Waals surface area contributed by atoms with Gasteiger partial charge in [-0.2, -0.15) is 13.2 Å². The van der Waals surface area contributed by atoms with Crippen molar-refractivity contribution in [3.8, 4) is 17.1 Å². The van der Waals surface area contributed by atoms with Gasteiger partial charge in [-0.3, -0.25) is 4.57 Å². The normalized spacial score (nSPS) is 12.5. The Labute approximate surface area is 215 Å². The summed E-state index contributed by atoms with van der Waals surface area (Å²) in [5, 5.41) is 18.3. The number of amides is 1. The van der Waals surface area contributed by atoms with Crippen molar-refractivity contribution in [1.29, 1.82) is 0 Å². The van der Waals surface area contributed by atoms with Gasteiger partial charge in [-0.05, 0) is 42.5 Å². The number of aliphatic hydroxyl groups excluding tert-OH is 1. The quantitative estimate of drug-likeness (QED) is 0.318. The Morgan fingerprint density at radius 1 is 1.16 bits per heavy atom. The number of carbonyl (C=O) groups is 1. The minimum Gasteiger partial charge on any atom is -0.441 e. The van der Waals surface area contributed by atoms with Crippen LogP contribution >= 0.6 is 11.6 Å².